The summed E-state index contributed by atoms with van der Waals surface area (Å²) in [7, 11) is 2.09. The topological polar surface area (TPSA) is 84.5 Å². The number of nitrogens with zero attached hydrogens (tertiary/aromatic N) is 5. The van der Waals surface area contributed by atoms with Crippen LogP contribution in [0.5, 0.6) is 11.6 Å². The van der Waals surface area contributed by atoms with E-state index in [9.17, 15) is 0 Å². The van der Waals surface area contributed by atoms with Crippen molar-refractivity contribution >= 4 is 34.0 Å². The second-order valence-corrected chi connectivity index (χ2v) is 9.30. The van der Waals surface area contributed by atoms with Crippen molar-refractivity contribution in [1.82, 2.24) is 19.4 Å². The maximum absolute atomic E-state index is 15.0. The van der Waals surface area contributed by atoms with E-state index in [0.29, 0.717) is 40.7 Å². The van der Waals surface area contributed by atoms with Crippen LogP contribution in [-0.2, 0) is 0 Å². The minimum atomic E-state index is -0.266. The molecule has 35 heavy (non-hydrogen) atoms. The number of hydrogen-bond acceptors (Lipinski definition) is 7. The number of halogens is 1. The molecule has 1 aliphatic heterocycles. The van der Waals surface area contributed by atoms with Crippen LogP contribution in [0.25, 0.3) is 11.0 Å². The van der Waals surface area contributed by atoms with Gasteiger partial charge in [0.15, 0.2) is 0 Å². The Morgan fingerprint density at radius 3 is 2.60 bits per heavy atom. The third-order valence-corrected chi connectivity index (χ3v) is 6.60. The normalized spacial score (nSPS) is 16.6. The number of nitrogens with two attached hydrogens (primary N) is 1. The van der Waals surface area contributed by atoms with Crippen LogP contribution in [0.4, 0.5) is 27.4 Å². The first-order valence-electron chi connectivity index (χ1n) is 12.0. The van der Waals surface area contributed by atoms with Gasteiger partial charge in [-0.25, -0.2) is 4.39 Å². The van der Waals surface area contributed by atoms with Gasteiger partial charge in [-0.05, 0) is 56.3 Å². The Bertz CT molecular complexity index is 1380. The molecular weight excluding hydrogens is 445 g/mol. The quantitative estimate of drug-likeness (QED) is 0.390. The summed E-state index contributed by atoms with van der Waals surface area (Å²) in [5, 5.41) is 4.00. The lowest BCUT2D eigenvalue weighted by atomic mass is 10.2. The molecule has 1 saturated carbocycles. The van der Waals surface area contributed by atoms with Gasteiger partial charge in [0.1, 0.15) is 17.2 Å². The molecule has 3 heterocycles. The third-order valence-electron chi connectivity index (χ3n) is 6.60. The molecule has 0 radical (unpaired) electrons. The van der Waals surface area contributed by atoms with Gasteiger partial charge in [0.05, 0.1) is 11.1 Å². The zero-order valence-corrected chi connectivity index (χ0v) is 19.6. The van der Waals surface area contributed by atoms with Crippen LogP contribution in [0.2, 0.25) is 0 Å². The summed E-state index contributed by atoms with van der Waals surface area (Å²) in [5.74, 6) is 1.11. The first-order valence-corrected chi connectivity index (χ1v) is 12.0. The average Bonchev–Trinajstić information content (AvgIpc) is 3.59. The number of fused-ring (bicyclic) bond motifs is 1. The van der Waals surface area contributed by atoms with Crippen molar-refractivity contribution in [2.24, 2.45) is 0 Å². The van der Waals surface area contributed by atoms with E-state index in [-0.39, 0.29) is 5.82 Å². The van der Waals surface area contributed by atoms with Crippen LogP contribution in [0.1, 0.15) is 18.9 Å². The van der Waals surface area contributed by atoms with Gasteiger partial charge < -0.3 is 30.2 Å². The molecule has 4 aromatic rings. The van der Waals surface area contributed by atoms with Crippen LogP contribution in [0.3, 0.4) is 0 Å². The Kier molecular flexibility index (Phi) is 5.41. The van der Waals surface area contributed by atoms with Crippen molar-refractivity contribution in [3.63, 3.8) is 0 Å². The highest BCUT2D eigenvalue weighted by Gasteiger charge is 2.26. The molecule has 2 aromatic heterocycles. The van der Waals surface area contributed by atoms with Crippen LogP contribution in [-0.4, -0.2) is 52.7 Å². The molecule has 2 aliphatic rings. The highest BCUT2D eigenvalue weighted by atomic mass is 19.1. The molecule has 1 saturated heterocycles. The first kappa shape index (κ1) is 21.7. The van der Waals surface area contributed by atoms with E-state index in [2.05, 4.69) is 31.7 Å². The average molecular weight is 474 g/mol. The van der Waals surface area contributed by atoms with Crippen molar-refractivity contribution in [3.8, 4) is 11.6 Å². The van der Waals surface area contributed by atoms with E-state index < -0.39 is 0 Å². The lowest BCUT2D eigenvalue weighted by Crippen LogP contribution is -2.44. The second kappa shape index (κ2) is 8.74. The Labute approximate surface area is 203 Å². The predicted molar refractivity (Wildman–Crippen MR) is 136 cm³/mol. The minimum absolute atomic E-state index is 0.266. The molecule has 1 aliphatic carbocycles. The van der Waals surface area contributed by atoms with Gasteiger partial charge in [0, 0.05) is 55.9 Å². The first-order chi connectivity index (χ1) is 17.0. The summed E-state index contributed by atoms with van der Waals surface area (Å²) < 4.78 is 23.3. The van der Waals surface area contributed by atoms with Crippen LogP contribution >= 0.6 is 0 Å². The molecule has 2 fully saturated rings. The molecule has 6 rings (SSSR count). The molecule has 0 unspecified atom stereocenters. The van der Waals surface area contributed by atoms with Gasteiger partial charge in [-0.1, -0.05) is 6.07 Å². The maximum Gasteiger partial charge on any atom is 0.233 e. The highest BCUT2D eigenvalue weighted by Crippen LogP contribution is 2.40. The van der Waals surface area contributed by atoms with Gasteiger partial charge in [0.25, 0.3) is 0 Å². The van der Waals surface area contributed by atoms with Gasteiger partial charge in [0.2, 0.25) is 11.8 Å². The molecule has 8 nitrogen and oxygen atoms in total. The standard InChI is InChI=1S/C26H28FN7O/c1-32-11-13-33(14-12-32)23-8-5-18(16-22(23)27)29-26-30-24-21(9-10-34(24)19-6-7-19)25(31-26)35-20-4-2-3-17(28)15-20/h2-5,8-10,15-16,19H,6-7,11-14,28H2,1H3,(H,29,30,31). The number of likely N-dealkylation sites (N-methyl/N-ethyl adjacent to an activating group) is 1. The molecule has 9 heteroatoms. The smallest absolute Gasteiger partial charge is 0.233 e. The van der Waals surface area contributed by atoms with Gasteiger partial charge >= 0.3 is 0 Å². The maximum atomic E-state index is 15.0. The number of nitrogen functional groups attached to an aromatic ring is 1. The largest absolute Gasteiger partial charge is 0.438 e. The van der Waals surface area contributed by atoms with E-state index in [1.165, 1.54) is 6.07 Å². The summed E-state index contributed by atoms with van der Waals surface area (Å²) in [6.07, 6.45) is 4.28. The SMILES string of the molecule is CN1CCN(c2ccc(Nc3nc(Oc4cccc(N)c4)c4ccn(C5CC5)c4n3)cc2F)CC1. The fraction of sp³-hybridized carbons (Fsp3) is 0.308. The molecular formula is C26H28FN7O. The van der Waals surface area contributed by atoms with Crippen LogP contribution in [0, 0.1) is 5.82 Å². The van der Waals surface area contributed by atoms with E-state index in [0.717, 1.165) is 50.1 Å². The summed E-state index contributed by atoms with van der Waals surface area (Å²) in [4.78, 5) is 13.7. The van der Waals surface area contributed by atoms with Crippen molar-refractivity contribution in [2.75, 3.05) is 49.2 Å². The number of aromatic nitrogens is 3. The zero-order valence-electron chi connectivity index (χ0n) is 19.6. The number of hydrogen-bond donors (Lipinski definition) is 2. The second-order valence-electron chi connectivity index (χ2n) is 9.30. The lowest BCUT2D eigenvalue weighted by Gasteiger charge is -2.34. The highest BCUT2D eigenvalue weighted by molar-refractivity contribution is 5.84. The number of piperazine rings is 1. The molecule has 0 amide bonds. The van der Waals surface area contributed by atoms with Crippen LogP contribution in [0.15, 0.2) is 54.7 Å². The van der Waals surface area contributed by atoms with E-state index >= 15 is 4.39 Å². The Hall–Kier alpha value is -3.85. The van der Waals surface area contributed by atoms with Crippen molar-refractivity contribution in [2.45, 2.75) is 18.9 Å². The fourth-order valence-electron chi connectivity index (χ4n) is 4.49. The Balaban J connectivity index is 1.31. The monoisotopic (exact) mass is 473 g/mol. The summed E-state index contributed by atoms with van der Waals surface area (Å²) in [6.45, 7) is 3.46. The molecule has 0 spiro atoms. The molecule has 3 N–H and O–H groups in total. The van der Waals surface area contributed by atoms with E-state index in [1.807, 2.05) is 36.5 Å². The van der Waals surface area contributed by atoms with Crippen molar-refractivity contribution in [3.05, 3.63) is 60.5 Å². The minimum Gasteiger partial charge on any atom is -0.438 e. The summed E-state index contributed by atoms with van der Waals surface area (Å²) >= 11 is 0. The Morgan fingerprint density at radius 2 is 1.86 bits per heavy atom. The molecule has 180 valence electrons. The van der Waals surface area contributed by atoms with Gasteiger partial charge in [-0.15, -0.1) is 0 Å². The molecule has 0 bridgehead atoms. The van der Waals surface area contributed by atoms with E-state index in [1.54, 1.807) is 12.1 Å². The predicted octanol–water partition coefficient (Wildman–Crippen LogP) is 4.78. The zero-order chi connectivity index (χ0) is 23.9. The fourth-order valence-corrected chi connectivity index (χ4v) is 4.49. The van der Waals surface area contributed by atoms with Gasteiger partial charge in [-0.3, -0.25) is 0 Å². The molecule has 2 aromatic carbocycles. The number of benzene rings is 2. The molecule has 0 atom stereocenters. The van der Waals surface area contributed by atoms with Crippen LogP contribution < -0.4 is 20.7 Å². The lowest BCUT2D eigenvalue weighted by molar-refractivity contribution is 0.311. The summed E-state index contributed by atoms with van der Waals surface area (Å²) in [5.41, 5.74) is 8.53. The number of anilines is 4. The summed E-state index contributed by atoms with van der Waals surface area (Å²) in [6, 6.07) is 14.8. The third kappa shape index (κ3) is 4.46. The van der Waals surface area contributed by atoms with Gasteiger partial charge in [-0.2, -0.15) is 9.97 Å². The number of ether oxygens (including phenoxy) is 1. The van der Waals surface area contributed by atoms with E-state index in [4.69, 9.17) is 15.5 Å². The number of nitrogens with one attached hydrogen (secondary N) is 1. The Morgan fingerprint density at radius 1 is 1.03 bits per heavy atom. The number of rotatable bonds is 6. The van der Waals surface area contributed by atoms with Crippen molar-refractivity contribution < 1.29 is 9.13 Å². The van der Waals surface area contributed by atoms with Crippen molar-refractivity contribution in [1.29, 1.82) is 0 Å².